The van der Waals surface area contributed by atoms with Crippen LogP contribution in [-0.2, 0) is 16.0 Å². The first-order valence-corrected chi connectivity index (χ1v) is 9.61. The van der Waals surface area contributed by atoms with E-state index in [0.717, 1.165) is 10.5 Å². The van der Waals surface area contributed by atoms with Crippen LogP contribution in [0.3, 0.4) is 0 Å². The highest BCUT2D eigenvalue weighted by Crippen LogP contribution is 2.27. The number of hydrogen-bond acceptors (Lipinski definition) is 5. The number of nitrogens with two attached hydrogens (primary N) is 1. The number of nitrogens with zero attached hydrogens (tertiary/aromatic N) is 2. The summed E-state index contributed by atoms with van der Waals surface area (Å²) >= 11 is 5.63. The van der Waals surface area contributed by atoms with Crippen LogP contribution in [0.4, 0.5) is 5.69 Å². The quantitative estimate of drug-likeness (QED) is 0.247. The third-order valence-electron chi connectivity index (χ3n) is 4.47. The van der Waals surface area contributed by atoms with Gasteiger partial charge < -0.3 is 10.5 Å². The van der Waals surface area contributed by atoms with Crippen molar-refractivity contribution < 1.29 is 19.1 Å². The molecule has 0 radical (unpaired) electrons. The van der Waals surface area contributed by atoms with E-state index >= 15 is 0 Å². The number of aliphatic imine (C=N–C) groups is 1. The number of esters is 1. The van der Waals surface area contributed by atoms with Gasteiger partial charge in [0, 0.05) is 6.42 Å². The van der Waals surface area contributed by atoms with Crippen molar-refractivity contribution in [1.82, 2.24) is 4.90 Å². The van der Waals surface area contributed by atoms with Gasteiger partial charge in [-0.3, -0.25) is 14.5 Å². The van der Waals surface area contributed by atoms with Gasteiger partial charge in [0.1, 0.15) is 11.9 Å². The molecule has 2 amide bonds. The number of rotatable bonds is 7. The van der Waals surface area contributed by atoms with Crippen LogP contribution in [0, 0.1) is 0 Å². The molecule has 0 fully saturated rings. The summed E-state index contributed by atoms with van der Waals surface area (Å²) in [4.78, 5) is 43.4. The van der Waals surface area contributed by atoms with Crippen molar-refractivity contribution in [1.29, 1.82) is 0 Å². The number of amides is 2. The van der Waals surface area contributed by atoms with Crippen LogP contribution in [0.5, 0.6) is 0 Å². The second kappa shape index (κ2) is 8.87. The number of alkyl halides is 1. The maximum atomic E-state index is 12.8. The first-order chi connectivity index (χ1) is 14.0. The fourth-order valence-corrected chi connectivity index (χ4v) is 3.19. The fourth-order valence-electron chi connectivity index (χ4n) is 3.13. The Kier molecular flexibility index (Phi) is 6.29. The highest BCUT2D eigenvalue weighted by Gasteiger charge is 2.43. The summed E-state index contributed by atoms with van der Waals surface area (Å²) in [5, 5.41) is 0. The maximum Gasteiger partial charge on any atom is 0.329 e. The Morgan fingerprint density at radius 2 is 1.69 bits per heavy atom. The number of carbonyl (C=O) groups is 3. The maximum absolute atomic E-state index is 12.8. The molecule has 0 saturated heterocycles. The minimum Gasteiger partial charge on any atom is -0.464 e. The molecule has 1 aliphatic rings. The number of amidine groups is 1. The monoisotopic (exact) mass is 413 g/mol. The zero-order valence-corrected chi connectivity index (χ0v) is 16.6. The predicted molar refractivity (Wildman–Crippen MR) is 110 cm³/mol. The number of carbonyl (C=O) groups excluding carboxylic acids is 3. The van der Waals surface area contributed by atoms with Crippen LogP contribution in [-0.4, -0.2) is 47.0 Å². The summed E-state index contributed by atoms with van der Waals surface area (Å²) < 4.78 is 5.14. The van der Waals surface area contributed by atoms with E-state index < -0.39 is 23.8 Å². The van der Waals surface area contributed by atoms with Crippen LogP contribution in [0.1, 0.15) is 33.2 Å². The second-order valence-corrected chi connectivity index (χ2v) is 6.67. The lowest BCUT2D eigenvalue weighted by Gasteiger charge is -2.24. The number of fused-ring (bicyclic) bond motifs is 1. The third-order valence-corrected chi connectivity index (χ3v) is 4.74. The standard InChI is InChI=1S/C21H20ClN3O4/c1-2-29-21(28)17(11-13-7-9-14(10-8-13)24-18(23)12-22)25-19(26)15-5-3-4-6-16(15)20(25)27/h3-10,17H,2,11-12H2,1H3,(H2,23,24). The molecule has 2 aromatic carbocycles. The number of ether oxygens (including phenoxy) is 1. The number of hydrogen-bond donors (Lipinski definition) is 1. The molecule has 0 spiro atoms. The molecule has 1 heterocycles. The largest absolute Gasteiger partial charge is 0.464 e. The summed E-state index contributed by atoms with van der Waals surface area (Å²) in [6.07, 6.45) is 0.124. The van der Waals surface area contributed by atoms with Crippen molar-refractivity contribution in [3.8, 4) is 0 Å². The Hall–Kier alpha value is -3.19. The Balaban J connectivity index is 1.88. The number of halogens is 1. The number of benzene rings is 2. The summed E-state index contributed by atoms with van der Waals surface area (Å²) in [6, 6.07) is 12.4. The lowest BCUT2D eigenvalue weighted by atomic mass is 10.0. The molecule has 0 saturated carbocycles. The first kappa shape index (κ1) is 20.5. The minimum atomic E-state index is -1.07. The van der Waals surface area contributed by atoms with Crippen LogP contribution in [0.25, 0.3) is 0 Å². The van der Waals surface area contributed by atoms with Crippen molar-refractivity contribution in [3.63, 3.8) is 0 Å². The molecular formula is C21H20ClN3O4. The molecule has 7 nitrogen and oxygen atoms in total. The Labute approximate surface area is 173 Å². The van der Waals surface area contributed by atoms with Crippen LogP contribution < -0.4 is 5.73 Å². The molecule has 29 heavy (non-hydrogen) atoms. The molecule has 150 valence electrons. The van der Waals surface area contributed by atoms with Gasteiger partial charge in [0.05, 0.1) is 29.3 Å². The van der Waals surface area contributed by atoms with Gasteiger partial charge in [-0.05, 0) is 36.8 Å². The molecule has 0 bridgehead atoms. The fraction of sp³-hybridized carbons (Fsp3) is 0.238. The van der Waals surface area contributed by atoms with E-state index in [1.165, 1.54) is 0 Å². The van der Waals surface area contributed by atoms with Gasteiger partial charge in [0.25, 0.3) is 11.8 Å². The molecule has 8 heteroatoms. The average Bonchev–Trinajstić information content (AvgIpc) is 2.98. The van der Waals surface area contributed by atoms with E-state index in [2.05, 4.69) is 4.99 Å². The zero-order valence-electron chi connectivity index (χ0n) is 15.8. The molecule has 0 aromatic heterocycles. The summed E-state index contributed by atoms with van der Waals surface area (Å²) in [5.41, 5.74) is 7.55. The molecular weight excluding hydrogens is 394 g/mol. The average molecular weight is 414 g/mol. The SMILES string of the molecule is CCOC(=O)C(Cc1ccc(N=C(N)CCl)cc1)N1C(=O)c2ccccc2C1=O. The van der Waals surface area contributed by atoms with E-state index in [9.17, 15) is 14.4 Å². The van der Waals surface area contributed by atoms with Crippen LogP contribution in [0.2, 0.25) is 0 Å². The van der Waals surface area contributed by atoms with Crippen molar-refractivity contribution in [2.75, 3.05) is 12.5 Å². The van der Waals surface area contributed by atoms with Crippen molar-refractivity contribution in [3.05, 3.63) is 65.2 Å². The molecule has 1 unspecified atom stereocenters. The van der Waals surface area contributed by atoms with E-state index in [0.29, 0.717) is 5.69 Å². The van der Waals surface area contributed by atoms with Crippen LogP contribution in [0.15, 0.2) is 53.5 Å². The lowest BCUT2D eigenvalue weighted by molar-refractivity contribution is -0.147. The van der Waals surface area contributed by atoms with Crippen LogP contribution >= 0.6 is 11.6 Å². The molecule has 2 N–H and O–H groups in total. The topological polar surface area (TPSA) is 102 Å². The molecule has 0 aliphatic carbocycles. The van der Waals surface area contributed by atoms with Gasteiger partial charge in [-0.15, -0.1) is 11.6 Å². The van der Waals surface area contributed by atoms with Gasteiger partial charge in [0.15, 0.2) is 0 Å². The highest BCUT2D eigenvalue weighted by molar-refractivity contribution is 6.28. The van der Waals surface area contributed by atoms with Crippen molar-refractivity contribution in [2.24, 2.45) is 10.7 Å². The molecule has 3 rings (SSSR count). The number of imide groups is 1. The smallest absolute Gasteiger partial charge is 0.329 e. The minimum absolute atomic E-state index is 0.117. The summed E-state index contributed by atoms with van der Waals surface area (Å²) in [5.74, 6) is -1.23. The van der Waals surface area contributed by atoms with Gasteiger partial charge in [-0.25, -0.2) is 9.79 Å². The van der Waals surface area contributed by atoms with E-state index in [-0.39, 0.29) is 35.9 Å². The first-order valence-electron chi connectivity index (χ1n) is 9.07. The Morgan fingerprint density at radius 1 is 1.10 bits per heavy atom. The summed E-state index contributed by atoms with van der Waals surface area (Å²) in [6.45, 7) is 1.81. The van der Waals surface area contributed by atoms with Crippen molar-refractivity contribution >= 4 is 40.9 Å². The Morgan fingerprint density at radius 3 is 2.21 bits per heavy atom. The van der Waals surface area contributed by atoms with Gasteiger partial charge in [-0.2, -0.15) is 0 Å². The van der Waals surface area contributed by atoms with Crippen molar-refractivity contribution in [2.45, 2.75) is 19.4 Å². The molecule has 1 aliphatic heterocycles. The molecule has 2 aromatic rings. The van der Waals surface area contributed by atoms with Gasteiger partial charge in [-0.1, -0.05) is 24.3 Å². The lowest BCUT2D eigenvalue weighted by Crippen LogP contribution is -2.47. The summed E-state index contributed by atoms with van der Waals surface area (Å²) in [7, 11) is 0. The predicted octanol–water partition coefficient (Wildman–Crippen LogP) is 2.68. The zero-order chi connectivity index (χ0) is 21.0. The third kappa shape index (κ3) is 4.30. The second-order valence-electron chi connectivity index (χ2n) is 6.40. The normalized spacial score (nSPS) is 14.7. The highest BCUT2D eigenvalue weighted by atomic mass is 35.5. The van der Waals surface area contributed by atoms with Gasteiger partial charge in [0.2, 0.25) is 0 Å². The molecule has 1 atom stereocenters. The van der Waals surface area contributed by atoms with E-state index in [1.807, 2.05) is 0 Å². The Bertz CT molecular complexity index is 937. The van der Waals surface area contributed by atoms with E-state index in [1.54, 1.807) is 55.5 Å². The van der Waals surface area contributed by atoms with Gasteiger partial charge >= 0.3 is 5.97 Å². The van der Waals surface area contributed by atoms with E-state index in [4.69, 9.17) is 22.1 Å².